The molecule has 0 aromatic heterocycles. The highest BCUT2D eigenvalue weighted by molar-refractivity contribution is 5.49. The quantitative estimate of drug-likeness (QED) is 0.761. The lowest BCUT2D eigenvalue weighted by Crippen LogP contribution is -2.57. The van der Waals surface area contributed by atoms with Gasteiger partial charge in [0.05, 0.1) is 24.3 Å². The van der Waals surface area contributed by atoms with Crippen LogP contribution in [-0.2, 0) is 10.9 Å². The van der Waals surface area contributed by atoms with Crippen LogP contribution < -0.4 is 4.90 Å². The molecule has 1 aromatic rings. The monoisotopic (exact) mass is 403 g/mol. The van der Waals surface area contributed by atoms with Gasteiger partial charge in [-0.1, -0.05) is 6.07 Å². The van der Waals surface area contributed by atoms with Gasteiger partial charge in [0, 0.05) is 38.4 Å². The molecule has 2 fully saturated rings. The van der Waals surface area contributed by atoms with Gasteiger partial charge in [-0.25, -0.2) is 0 Å². The summed E-state index contributed by atoms with van der Waals surface area (Å²) in [6, 6.07) is 5.13. The summed E-state index contributed by atoms with van der Waals surface area (Å²) >= 11 is 0. The molecule has 4 unspecified atom stereocenters. The van der Waals surface area contributed by atoms with Crippen LogP contribution in [0.15, 0.2) is 24.3 Å². The Morgan fingerprint density at radius 1 is 1.14 bits per heavy atom. The Kier molecular flexibility index (Phi) is 6.51. The molecular weight excluding hydrogens is 375 g/mol. The highest BCUT2D eigenvalue weighted by Gasteiger charge is 2.46. The van der Waals surface area contributed by atoms with Crippen molar-refractivity contribution in [2.75, 3.05) is 58.3 Å². The molecule has 0 bridgehead atoms. The van der Waals surface area contributed by atoms with Crippen LogP contribution in [0.25, 0.3) is 0 Å². The van der Waals surface area contributed by atoms with Crippen molar-refractivity contribution in [1.82, 2.24) is 9.80 Å². The lowest BCUT2D eigenvalue weighted by molar-refractivity contribution is -0.137. The van der Waals surface area contributed by atoms with Crippen molar-refractivity contribution < 1.29 is 28.1 Å². The molecule has 2 saturated heterocycles. The summed E-state index contributed by atoms with van der Waals surface area (Å²) < 4.78 is 44.7. The van der Waals surface area contributed by atoms with E-state index in [1.165, 1.54) is 12.1 Å². The van der Waals surface area contributed by atoms with Gasteiger partial charge in [-0.15, -0.1) is 0 Å². The van der Waals surface area contributed by atoms with Gasteiger partial charge < -0.3 is 24.7 Å². The first kappa shape index (κ1) is 21.3. The third-order valence-electron chi connectivity index (χ3n) is 5.46. The fourth-order valence-corrected chi connectivity index (χ4v) is 4.10. The van der Waals surface area contributed by atoms with Crippen molar-refractivity contribution in [1.29, 1.82) is 0 Å². The molecule has 0 saturated carbocycles. The van der Waals surface area contributed by atoms with E-state index in [4.69, 9.17) is 4.74 Å². The molecule has 0 aliphatic carbocycles. The zero-order chi connectivity index (χ0) is 20.5. The summed E-state index contributed by atoms with van der Waals surface area (Å²) in [7, 11) is 3.84. The number of nitrogens with zero attached hydrogens (tertiary/aromatic N) is 3. The van der Waals surface area contributed by atoms with E-state index in [1.807, 2.05) is 23.9 Å². The number of hydrogen-bond donors (Lipinski definition) is 2. The van der Waals surface area contributed by atoms with Crippen molar-refractivity contribution in [2.24, 2.45) is 0 Å². The lowest BCUT2D eigenvalue weighted by Gasteiger charge is -2.41. The Morgan fingerprint density at radius 3 is 2.39 bits per heavy atom. The zero-order valence-corrected chi connectivity index (χ0v) is 16.1. The number of halogens is 3. The topological polar surface area (TPSA) is 59.4 Å². The fourth-order valence-electron chi connectivity index (χ4n) is 4.10. The first-order valence-corrected chi connectivity index (χ1v) is 9.46. The number of hydrogen-bond acceptors (Lipinski definition) is 6. The molecule has 6 nitrogen and oxygen atoms in total. The van der Waals surface area contributed by atoms with E-state index in [9.17, 15) is 23.4 Å². The number of benzene rings is 1. The minimum atomic E-state index is -4.36. The summed E-state index contributed by atoms with van der Waals surface area (Å²) in [5.41, 5.74) is -0.0975. The molecule has 2 N–H and O–H groups in total. The molecule has 2 aliphatic heterocycles. The van der Waals surface area contributed by atoms with Crippen LogP contribution in [0.4, 0.5) is 18.9 Å². The van der Waals surface area contributed by atoms with Crippen molar-refractivity contribution in [3.8, 4) is 0 Å². The van der Waals surface area contributed by atoms with E-state index < -0.39 is 23.9 Å². The molecule has 1 aromatic carbocycles. The molecule has 158 valence electrons. The van der Waals surface area contributed by atoms with E-state index in [0.717, 1.165) is 6.07 Å². The van der Waals surface area contributed by atoms with Gasteiger partial charge in [-0.3, -0.25) is 4.90 Å². The van der Waals surface area contributed by atoms with E-state index >= 15 is 0 Å². The maximum absolute atomic E-state index is 13.0. The minimum absolute atomic E-state index is 0.234. The summed E-state index contributed by atoms with van der Waals surface area (Å²) in [6.45, 7) is 2.69. The second-order valence-corrected chi connectivity index (χ2v) is 7.71. The van der Waals surface area contributed by atoms with E-state index in [-0.39, 0.29) is 18.8 Å². The first-order valence-electron chi connectivity index (χ1n) is 9.46. The average Bonchev–Trinajstić information content (AvgIpc) is 2.96. The van der Waals surface area contributed by atoms with Gasteiger partial charge in [-0.05, 0) is 32.3 Å². The number of anilines is 1. The van der Waals surface area contributed by atoms with Crippen molar-refractivity contribution in [2.45, 2.75) is 30.5 Å². The van der Waals surface area contributed by atoms with Gasteiger partial charge >= 0.3 is 6.18 Å². The lowest BCUT2D eigenvalue weighted by atomic mass is 10.0. The van der Waals surface area contributed by atoms with Gasteiger partial charge in [0.2, 0.25) is 0 Å². The van der Waals surface area contributed by atoms with E-state index in [0.29, 0.717) is 38.4 Å². The minimum Gasteiger partial charge on any atom is -0.394 e. The average molecular weight is 403 g/mol. The Balaban J connectivity index is 1.67. The van der Waals surface area contributed by atoms with Crippen molar-refractivity contribution in [3.63, 3.8) is 0 Å². The van der Waals surface area contributed by atoms with Crippen LogP contribution in [0.1, 0.15) is 5.56 Å². The van der Waals surface area contributed by atoms with E-state index in [1.54, 1.807) is 6.07 Å². The molecule has 0 spiro atoms. The number of likely N-dealkylation sites (N-methyl/N-ethyl adjacent to an activating group) is 1. The number of aliphatic hydroxyl groups excluding tert-OH is 2. The molecule has 0 amide bonds. The van der Waals surface area contributed by atoms with Crippen LogP contribution in [0, 0.1) is 0 Å². The van der Waals surface area contributed by atoms with Crippen LogP contribution in [0.3, 0.4) is 0 Å². The fraction of sp³-hybridized carbons (Fsp3) is 0.684. The Bertz CT molecular complexity index is 651. The third-order valence-corrected chi connectivity index (χ3v) is 5.46. The van der Waals surface area contributed by atoms with Crippen LogP contribution >= 0.6 is 0 Å². The van der Waals surface area contributed by atoms with Gasteiger partial charge in [0.25, 0.3) is 0 Å². The predicted octanol–water partition coefficient (Wildman–Crippen LogP) is 0.878. The summed E-state index contributed by atoms with van der Waals surface area (Å²) in [4.78, 5) is 6.03. The summed E-state index contributed by atoms with van der Waals surface area (Å²) in [5.74, 6) is 0. The van der Waals surface area contributed by atoms with Crippen LogP contribution in [0.5, 0.6) is 0 Å². The Labute approximate surface area is 163 Å². The molecule has 2 aliphatic rings. The molecule has 9 heteroatoms. The highest BCUT2D eigenvalue weighted by atomic mass is 19.4. The van der Waals surface area contributed by atoms with E-state index in [2.05, 4.69) is 4.90 Å². The first-order chi connectivity index (χ1) is 13.2. The van der Waals surface area contributed by atoms with Gasteiger partial charge in [-0.2, -0.15) is 13.2 Å². The van der Waals surface area contributed by atoms with Crippen molar-refractivity contribution >= 4 is 5.69 Å². The number of piperazine rings is 1. The second-order valence-electron chi connectivity index (χ2n) is 7.71. The standard InChI is InChI=1S/C19H28F3N3O3/c1-23(2)11-15-17(18(27)16(12-26)28-15)25-8-6-24(7-9-25)14-5-3-4-13(10-14)19(20,21)22/h3-5,10,15-18,26-27H,6-9,11-12H2,1-2H3. The maximum Gasteiger partial charge on any atom is 0.416 e. The molecule has 28 heavy (non-hydrogen) atoms. The molecule has 0 radical (unpaired) electrons. The summed E-state index contributed by atoms with van der Waals surface area (Å²) in [5, 5.41) is 20.1. The normalized spacial score (nSPS) is 29.6. The third kappa shape index (κ3) is 4.60. The molecule has 3 rings (SSSR count). The Hall–Kier alpha value is -1.39. The SMILES string of the molecule is CN(C)CC1OC(CO)C(O)C1N1CCN(c2cccc(C(F)(F)F)c2)CC1. The van der Waals surface area contributed by atoms with Crippen LogP contribution in [0.2, 0.25) is 0 Å². The van der Waals surface area contributed by atoms with Crippen molar-refractivity contribution in [3.05, 3.63) is 29.8 Å². The highest BCUT2D eigenvalue weighted by Crippen LogP contribution is 2.32. The molecule has 2 heterocycles. The smallest absolute Gasteiger partial charge is 0.394 e. The van der Waals surface area contributed by atoms with Gasteiger partial charge in [0.1, 0.15) is 12.2 Å². The number of alkyl halides is 3. The molecular formula is C19H28F3N3O3. The number of aliphatic hydroxyl groups is 2. The van der Waals surface area contributed by atoms with Gasteiger partial charge in [0.15, 0.2) is 0 Å². The Morgan fingerprint density at radius 2 is 1.82 bits per heavy atom. The van der Waals surface area contributed by atoms with Crippen LogP contribution in [-0.4, -0.2) is 97.8 Å². The summed E-state index contributed by atoms with van der Waals surface area (Å²) in [6.07, 6.45) is -6.00. The second kappa shape index (κ2) is 8.54. The maximum atomic E-state index is 13.0. The number of ether oxygens (including phenoxy) is 1. The largest absolute Gasteiger partial charge is 0.416 e. The predicted molar refractivity (Wildman–Crippen MR) is 99.3 cm³/mol. The molecule has 4 atom stereocenters. The zero-order valence-electron chi connectivity index (χ0n) is 16.1. The number of rotatable bonds is 5.